The number of rotatable bonds is 4. The molecule has 1 fully saturated rings. The number of sulfone groups is 1. The maximum atomic E-state index is 10.9. The third-order valence-corrected chi connectivity index (χ3v) is 4.08. The Balaban J connectivity index is 2.23. The monoisotopic (exact) mass is 219 g/mol. The van der Waals surface area contributed by atoms with Crippen LogP contribution >= 0.6 is 0 Å². The zero-order valence-electron chi connectivity index (χ0n) is 9.12. The van der Waals surface area contributed by atoms with E-state index in [0.29, 0.717) is 11.7 Å². The minimum absolute atomic E-state index is 0.351. The van der Waals surface area contributed by atoms with Crippen LogP contribution in [-0.2, 0) is 9.84 Å². The topological polar surface area (TPSA) is 46.2 Å². The van der Waals surface area contributed by atoms with E-state index in [9.17, 15) is 8.42 Å². The molecule has 1 heterocycles. The van der Waals surface area contributed by atoms with Crippen LogP contribution in [0.4, 0.5) is 0 Å². The van der Waals surface area contributed by atoms with Crippen LogP contribution in [-0.4, -0.2) is 33.5 Å². The van der Waals surface area contributed by atoms with Crippen molar-refractivity contribution in [2.75, 3.05) is 25.1 Å². The van der Waals surface area contributed by atoms with Gasteiger partial charge in [0.25, 0.3) is 0 Å². The Bertz CT molecular complexity index is 261. The molecule has 0 amide bonds. The molecule has 0 saturated carbocycles. The summed E-state index contributed by atoms with van der Waals surface area (Å²) in [4.78, 5) is 0. The number of hydrogen-bond donors (Lipinski definition) is 1. The fourth-order valence-corrected chi connectivity index (χ4v) is 2.80. The predicted molar refractivity (Wildman–Crippen MR) is 59.1 cm³/mol. The normalized spacial score (nSPS) is 29.0. The van der Waals surface area contributed by atoms with Crippen LogP contribution in [0.25, 0.3) is 0 Å². The molecule has 0 bridgehead atoms. The van der Waals surface area contributed by atoms with E-state index < -0.39 is 9.84 Å². The Kier molecular flexibility index (Phi) is 4.38. The maximum absolute atomic E-state index is 10.9. The predicted octanol–water partition coefficient (Wildman–Crippen LogP) is 1.06. The molecular formula is C10H21NO2S. The Morgan fingerprint density at radius 1 is 1.43 bits per heavy atom. The van der Waals surface area contributed by atoms with Gasteiger partial charge in [0, 0.05) is 12.0 Å². The van der Waals surface area contributed by atoms with Crippen molar-refractivity contribution in [2.24, 2.45) is 11.8 Å². The lowest BCUT2D eigenvalue weighted by Crippen LogP contribution is -2.35. The second-order valence-electron chi connectivity index (χ2n) is 4.50. The van der Waals surface area contributed by atoms with E-state index in [1.54, 1.807) is 0 Å². The van der Waals surface area contributed by atoms with Crippen LogP contribution in [0.5, 0.6) is 0 Å². The second kappa shape index (κ2) is 5.12. The minimum atomic E-state index is -2.76. The summed E-state index contributed by atoms with van der Waals surface area (Å²) in [6.45, 7) is 4.43. The molecular weight excluding hydrogens is 198 g/mol. The van der Waals surface area contributed by atoms with Crippen LogP contribution in [0.3, 0.4) is 0 Å². The van der Waals surface area contributed by atoms with E-state index in [4.69, 9.17) is 0 Å². The lowest BCUT2D eigenvalue weighted by Gasteiger charge is -2.29. The van der Waals surface area contributed by atoms with Crippen molar-refractivity contribution in [3.05, 3.63) is 0 Å². The van der Waals surface area contributed by atoms with Crippen LogP contribution in [0.1, 0.15) is 26.2 Å². The number of hydrogen-bond acceptors (Lipinski definition) is 3. The van der Waals surface area contributed by atoms with Crippen molar-refractivity contribution in [3.8, 4) is 0 Å². The first-order chi connectivity index (χ1) is 6.49. The van der Waals surface area contributed by atoms with Gasteiger partial charge < -0.3 is 5.32 Å². The first-order valence-electron chi connectivity index (χ1n) is 5.37. The van der Waals surface area contributed by atoms with E-state index in [2.05, 4.69) is 12.2 Å². The third kappa shape index (κ3) is 4.42. The maximum Gasteiger partial charge on any atom is 0.147 e. The highest BCUT2D eigenvalue weighted by Crippen LogP contribution is 2.23. The zero-order valence-corrected chi connectivity index (χ0v) is 9.94. The van der Waals surface area contributed by atoms with Gasteiger partial charge in [-0.3, -0.25) is 0 Å². The molecule has 0 aromatic heterocycles. The van der Waals surface area contributed by atoms with Gasteiger partial charge in [-0.1, -0.05) is 6.92 Å². The van der Waals surface area contributed by atoms with Crippen molar-refractivity contribution in [1.82, 2.24) is 5.32 Å². The quantitative estimate of drug-likeness (QED) is 0.769. The van der Waals surface area contributed by atoms with Gasteiger partial charge in [0.1, 0.15) is 9.84 Å². The van der Waals surface area contributed by atoms with Gasteiger partial charge >= 0.3 is 0 Å². The molecule has 14 heavy (non-hydrogen) atoms. The van der Waals surface area contributed by atoms with Crippen molar-refractivity contribution < 1.29 is 8.42 Å². The Labute approximate surface area is 87.2 Å². The summed E-state index contributed by atoms with van der Waals surface area (Å²) in [5, 5.41) is 3.35. The van der Waals surface area contributed by atoms with E-state index in [1.165, 1.54) is 12.7 Å². The highest BCUT2D eigenvalue weighted by Gasteiger charge is 2.20. The molecule has 1 N–H and O–H groups in total. The molecule has 1 aliphatic rings. The Morgan fingerprint density at radius 2 is 2.14 bits per heavy atom. The van der Waals surface area contributed by atoms with Crippen molar-refractivity contribution >= 4 is 9.84 Å². The van der Waals surface area contributed by atoms with Gasteiger partial charge in [-0.15, -0.1) is 0 Å². The van der Waals surface area contributed by atoms with Crippen LogP contribution in [0.2, 0.25) is 0 Å². The summed E-state index contributed by atoms with van der Waals surface area (Å²) in [7, 11) is -2.76. The van der Waals surface area contributed by atoms with Gasteiger partial charge in [-0.25, -0.2) is 8.42 Å². The van der Waals surface area contributed by atoms with E-state index in [0.717, 1.165) is 31.8 Å². The molecule has 0 aliphatic carbocycles. The minimum Gasteiger partial charge on any atom is -0.316 e. The smallest absolute Gasteiger partial charge is 0.147 e. The Morgan fingerprint density at radius 3 is 2.71 bits per heavy atom. The van der Waals surface area contributed by atoms with Crippen molar-refractivity contribution in [2.45, 2.75) is 26.2 Å². The van der Waals surface area contributed by atoms with Gasteiger partial charge in [0.15, 0.2) is 0 Å². The highest BCUT2D eigenvalue weighted by molar-refractivity contribution is 7.90. The van der Waals surface area contributed by atoms with Crippen molar-refractivity contribution in [1.29, 1.82) is 0 Å². The average molecular weight is 219 g/mol. The molecule has 1 aliphatic heterocycles. The van der Waals surface area contributed by atoms with Gasteiger partial charge in [0.05, 0.1) is 0 Å². The highest BCUT2D eigenvalue weighted by atomic mass is 32.2. The molecule has 0 spiro atoms. The lowest BCUT2D eigenvalue weighted by atomic mass is 9.85. The molecule has 84 valence electrons. The molecule has 2 atom stereocenters. The summed E-state index contributed by atoms with van der Waals surface area (Å²) in [5.74, 6) is 1.77. The molecule has 1 saturated heterocycles. The van der Waals surface area contributed by atoms with E-state index in [-0.39, 0.29) is 0 Å². The average Bonchev–Trinajstić information content (AvgIpc) is 2.06. The second-order valence-corrected chi connectivity index (χ2v) is 6.76. The number of nitrogens with one attached hydrogen (secondary N) is 1. The zero-order chi connectivity index (χ0) is 10.6. The third-order valence-electron chi connectivity index (χ3n) is 3.05. The molecule has 1 rings (SSSR count). The SMILES string of the molecule is CC1CNCCC1CCCS(C)(=O)=O. The Hall–Kier alpha value is -0.0900. The number of piperidine rings is 1. The summed E-state index contributed by atoms with van der Waals surface area (Å²) < 4.78 is 21.9. The molecule has 3 nitrogen and oxygen atoms in total. The van der Waals surface area contributed by atoms with E-state index >= 15 is 0 Å². The summed E-state index contributed by atoms with van der Waals surface area (Å²) >= 11 is 0. The summed E-state index contributed by atoms with van der Waals surface area (Å²) in [6, 6.07) is 0. The van der Waals surface area contributed by atoms with Crippen molar-refractivity contribution in [3.63, 3.8) is 0 Å². The molecule has 2 unspecified atom stereocenters. The van der Waals surface area contributed by atoms with Crippen LogP contribution in [0.15, 0.2) is 0 Å². The lowest BCUT2D eigenvalue weighted by molar-refractivity contribution is 0.257. The van der Waals surface area contributed by atoms with Gasteiger partial charge in [0.2, 0.25) is 0 Å². The van der Waals surface area contributed by atoms with Gasteiger partial charge in [-0.2, -0.15) is 0 Å². The molecule has 0 aromatic rings. The first kappa shape index (κ1) is 12.0. The fraction of sp³-hybridized carbons (Fsp3) is 1.00. The van der Waals surface area contributed by atoms with Crippen LogP contribution < -0.4 is 5.32 Å². The summed E-state index contributed by atoms with van der Waals surface area (Å²) in [6.07, 6.45) is 4.41. The molecule has 0 aromatic carbocycles. The van der Waals surface area contributed by atoms with E-state index in [1.807, 2.05) is 0 Å². The molecule has 4 heteroatoms. The standard InChI is InChI=1S/C10H21NO2S/c1-9-8-11-6-5-10(9)4-3-7-14(2,12)13/h9-11H,3-8H2,1-2H3. The summed E-state index contributed by atoms with van der Waals surface area (Å²) in [5.41, 5.74) is 0. The van der Waals surface area contributed by atoms with Gasteiger partial charge in [-0.05, 0) is 44.2 Å². The fourth-order valence-electron chi connectivity index (χ4n) is 2.10. The largest absolute Gasteiger partial charge is 0.316 e. The first-order valence-corrected chi connectivity index (χ1v) is 7.43. The molecule has 0 radical (unpaired) electrons. The van der Waals surface area contributed by atoms with Crippen LogP contribution in [0, 0.1) is 11.8 Å².